The SMILES string of the molecule is CCOCCP(c1ccccc1)c1ccccc1. The summed E-state index contributed by atoms with van der Waals surface area (Å²) in [5.41, 5.74) is 0. The predicted octanol–water partition coefficient (Wildman–Crippen LogP) is 3.16. The van der Waals surface area contributed by atoms with Crippen LogP contribution in [-0.2, 0) is 4.74 Å². The molecule has 0 spiro atoms. The van der Waals surface area contributed by atoms with Gasteiger partial charge in [0.2, 0.25) is 0 Å². The lowest BCUT2D eigenvalue weighted by Crippen LogP contribution is -2.16. The first-order valence-electron chi connectivity index (χ1n) is 6.37. The van der Waals surface area contributed by atoms with Crippen molar-refractivity contribution in [1.29, 1.82) is 0 Å². The van der Waals surface area contributed by atoms with Crippen molar-refractivity contribution in [3.63, 3.8) is 0 Å². The Hall–Kier alpha value is -1.17. The number of rotatable bonds is 6. The minimum absolute atomic E-state index is 0.287. The molecule has 0 fully saturated rings. The number of hydrogen-bond donors (Lipinski definition) is 0. The van der Waals surface area contributed by atoms with Crippen molar-refractivity contribution >= 4 is 18.5 Å². The van der Waals surface area contributed by atoms with Crippen molar-refractivity contribution in [2.45, 2.75) is 6.92 Å². The van der Waals surface area contributed by atoms with Gasteiger partial charge in [-0.1, -0.05) is 60.7 Å². The zero-order chi connectivity index (χ0) is 12.6. The van der Waals surface area contributed by atoms with Crippen molar-refractivity contribution in [3.05, 3.63) is 60.7 Å². The molecule has 0 radical (unpaired) electrons. The summed E-state index contributed by atoms with van der Waals surface area (Å²) in [7, 11) is -0.287. The molecule has 0 bridgehead atoms. The molecule has 2 aromatic rings. The fourth-order valence-electron chi connectivity index (χ4n) is 1.92. The fourth-order valence-corrected chi connectivity index (χ4v) is 4.11. The number of benzene rings is 2. The lowest BCUT2D eigenvalue weighted by atomic mass is 10.4. The van der Waals surface area contributed by atoms with E-state index in [2.05, 4.69) is 60.7 Å². The first-order chi connectivity index (χ1) is 8.92. The molecule has 0 aliphatic rings. The molecule has 0 unspecified atom stereocenters. The lowest BCUT2D eigenvalue weighted by molar-refractivity contribution is 0.164. The van der Waals surface area contributed by atoms with E-state index < -0.39 is 0 Å². The Morgan fingerprint density at radius 1 is 0.833 bits per heavy atom. The van der Waals surface area contributed by atoms with Crippen molar-refractivity contribution in [2.75, 3.05) is 19.4 Å². The van der Waals surface area contributed by atoms with E-state index in [9.17, 15) is 0 Å². The van der Waals surface area contributed by atoms with Gasteiger partial charge >= 0.3 is 0 Å². The van der Waals surface area contributed by atoms with E-state index in [0.717, 1.165) is 19.4 Å². The molecule has 2 aromatic carbocycles. The first-order valence-corrected chi connectivity index (χ1v) is 7.90. The highest BCUT2D eigenvalue weighted by Gasteiger charge is 2.12. The molecule has 0 aliphatic heterocycles. The van der Waals surface area contributed by atoms with E-state index in [4.69, 9.17) is 4.74 Å². The van der Waals surface area contributed by atoms with Crippen LogP contribution in [-0.4, -0.2) is 19.4 Å². The van der Waals surface area contributed by atoms with E-state index in [1.54, 1.807) is 0 Å². The topological polar surface area (TPSA) is 9.23 Å². The zero-order valence-corrected chi connectivity index (χ0v) is 11.6. The van der Waals surface area contributed by atoms with Crippen molar-refractivity contribution in [1.82, 2.24) is 0 Å². The highest BCUT2D eigenvalue weighted by atomic mass is 31.1. The van der Waals surface area contributed by atoms with Gasteiger partial charge in [-0.05, 0) is 31.6 Å². The Morgan fingerprint density at radius 3 is 1.78 bits per heavy atom. The maximum Gasteiger partial charge on any atom is 0.0511 e. The van der Waals surface area contributed by atoms with Crippen LogP contribution in [0.25, 0.3) is 0 Å². The third kappa shape index (κ3) is 3.66. The van der Waals surface area contributed by atoms with Crippen LogP contribution in [0, 0.1) is 0 Å². The predicted molar refractivity (Wildman–Crippen MR) is 80.4 cm³/mol. The molecule has 0 aromatic heterocycles. The van der Waals surface area contributed by atoms with Gasteiger partial charge < -0.3 is 4.74 Å². The summed E-state index contributed by atoms with van der Waals surface area (Å²) in [5, 5.41) is 2.86. The summed E-state index contributed by atoms with van der Waals surface area (Å²) >= 11 is 0. The van der Waals surface area contributed by atoms with Gasteiger partial charge in [-0.15, -0.1) is 0 Å². The summed E-state index contributed by atoms with van der Waals surface area (Å²) in [6.45, 7) is 3.69. The first kappa shape index (κ1) is 13.3. The molecular formula is C16H19OP. The minimum atomic E-state index is -0.287. The van der Waals surface area contributed by atoms with Gasteiger partial charge in [-0.2, -0.15) is 0 Å². The average Bonchev–Trinajstić information content (AvgIpc) is 2.46. The summed E-state index contributed by atoms with van der Waals surface area (Å²) in [6, 6.07) is 21.5. The van der Waals surface area contributed by atoms with Crippen molar-refractivity contribution in [2.24, 2.45) is 0 Å². The molecule has 94 valence electrons. The third-order valence-electron chi connectivity index (χ3n) is 2.80. The molecule has 2 heteroatoms. The maximum atomic E-state index is 5.52. The molecule has 0 saturated carbocycles. The van der Waals surface area contributed by atoms with Crippen LogP contribution < -0.4 is 10.6 Å². The smallest absolute Gasteiger partial charge is 0.0511 e. The quantitative estimate of drug-likeness (QED) is 0.571. The highest BCUT2D eigenvalue weighted by Crippen LogP contribution is 2.32. The molecule has 0 aliphatic carbocycles. The second kappa shape index (κ2) is 7.31. The Morgan fingerprint density at radius 2 is 1.33 bits per heavy atom. The van der Waals surface area contributed by atoms with Crippen LogP contribution in [0.4, 0.5) is 0 Å². The molecule has 0 heterocycles. The summed E-state index contributed by atoms with van der Waals surface area (Å²) in [5.74, 6) is 0. The summed E-state index contributed by atoms with van der Waals surface area (Å²) in [6.07, 6.45) is 1.09. The highest BCUT2D eigenvalue weighted by molar-refractivity contribution is 7.73. The Balaban J connectivity index is 2.18. The van der Waals surface area contributed by atoms with Crippen LogP contribution in [0.15, 0.2) is 60.7 Å². The van der Waals surface area contributed by atoms with E-state index in [1.165, 1.54) is 10.6 Å². The van der Waals surface area contributed by atoms with Gasteiger partial charge in [-0.25, -0.2) is 0 Å². The number of hydrogen-bond acceptors (Lipinski definition) is 1. The van der Waals surface area contributed by atoms with E-state index >= 15 is 0 Å². The second-order valence-corrected chi connectivity index (χ2v) is 6.36. The standard InChI is InChI=1S/C16H19OP/c1-2-17-13-14-18(15-9-5-3-6-10-15)16-11-7-4-8-12-16/h3-12H,2,13-14H2,1H3. The van der Waals surface area contributed by atoms with Crippen LogP contribution >= 0.6 is 7.92 Å². The van der Waals surface area contributed by atoms with E-state index in [0.29, 0.717) is 0 Å². The minimum Gasteiger partial charge on any atom is -0.381 e. The van der Waals surface area contributed by atoms with Gasteiger partial charge in [0.15, 0.2) is 0 Å². The van der Waals surface area contributed by atoms with Gasteiger partial charge in [0.25, 0.3) is 0 Å². The van der Waals surface area contributed by atoms with Gasteiger partial charge in [0.05, 0.1) is 6.61 Å². The summed E-state index contributed by atoms with van der Waals surface area (Å²) < 4.78 is 5.52. The Bertz CT molecular complexity index is 402. The van der Waals surface area contributed by atoms with Crippen LogP contribution in [0.5, 0.6) is 0 Å². The molecule has 1 nitrogen and oxygen atoms in total. The largest absolute Gasteiger partial charge is 0.381 e. The monoisotopic (exact) mass is 258 g/mol. The van der Waals surface area contributed by atoms with Gasteiger partial charge in [0.1, 0.15) is 0 Å². The zero-order valence-electron chi connectivity index (χ0n) is 10.8. The van der Waals surface area contributed by atoms with E-state index in [1.807, 2.05) is 6.92 Å². The Labute approximate surface area is 111 Å². The molecule has 0 saturated heterocycles. The Kier molecular flexibility index (Phi) is 5.38. The normalized spacial score (nSPS) is 10.8. The van der Waals surface area contributed by atoms with Crippen LogP contribution in [0.1, 0.15) is 6.92 Å². The molecule has 0 atom stereocenters. The third-order valence-corrected chi connectivity index (χ3v) is 5.27. The van der Waals surface area contributed by atoms with Gasteiger partial charge in [0, 0.05) is 6.61 Å². The summed E-state index contributed by atoms with van der Waals surface area (Å²) in [4.78, 5) is 0. The molecule has 0 amide bonds. The van der Waals surface area contributed by atoms with E-state index in [-0.39, 0.29) is 7.92 Å². The maximum absolute atomic E-state index is 5.52. The van der Waals surface area contributed by atoms with Crippen LogP contribution in [0.3, 0.4) is 0 Å². The van der Waals surface area contributed by atoms with Crippen molar-refractivity contribution < 1.29 is 4.74 Å². The average molecular weight is 258 g/mol. The molecule has 18 heavy (non-hydrogen) atoms. The molecule has 2 rings (SSSR count). The van der Waals surface area contributed by atoms with Crippen molar-refractivity contribution in [3.8, 4) is 0 Å². The number of ether oxygens (including phenoxy) is 1. The second-order valence-electron chi connectivity index (χ2n) is 4.02. The molecule has 0 N–H and O–H groups in total. The van der Waals surface area contributed by atoms with Crippen LogP contribution in [0.2, 0.25) is 0 Å². The fraction of sp³-hybridized carbons (Fsp3) is 0.250. The lowest BCUT2D eigenvalue weighted by Gasteiger charge is -2.18. The van der Waals surface area contributed by atoms with Gasteiger partial charge in [-0.3, -0.25) is 0 Å². The molecular weight excluding hydrogens is 239 g/mol.